The van der Waals surface area contributed by atoms with Crippen LogP contribution < -0.4 is 0 Å². The molecule has 0 radical (unpaired) electrons. The monoisotopic (exact) mass is 266 g/mol. The molecule has 0 aliphatic rings. The average Bonchev–Trinajstić information content (AvgIpc) is 2.50. The zero-order chi connectivity index (χ0) is 15.1. The van der Waals surface area contributed by atoms with E-state index < -0.39 is 0 Å². The average molecular weight is 266 g/mol. The smallest absolute Gasteiger partial charge is 0.0451 e. The Morgan fingerprint density at radius 1 is 1.10 bits per heavy atom. The van der Waals surface area contributed by atoms with Crippen LogP contribution in [0.3, 0.4) is 0 Å². The number of benzene rings is 1. The molecule has 0 fully saturated rings. The predicted molar refractivity (Wildman–Crippen MR) is 88.5 cm³/mol. The maximum absolute atomic E-state index is 7.42. The van der Waals surface area contributed by atoms with E-state index in [0.29, 0.717) is 0 Å². The van der Waals surface area contributed by atoms with Crippen molar-refractivity contribution in [2.24, 2.45) is 0 Å². The van der Waals surface area contributed by atoms with Crippen LogP contribution in [0.1, 0.15) is 36.2 Å². The van der Waals surface area contributed by atoms with Gasteiger partial charge in [0.1, 0.15) is 0 Å². The molecule has 2 heteroatoms. The van der Waals surface area contributed by atoms with Gasteiger partial charge >= 0.3 is 0 Å². The number of rotatable bonds is 3. The van der Waals surface area contributed by atoms with Crippen molar-refractivity contribution in [3.63, 3.8) is 0 Å². The van der Waals surface area contributed by atoms with Crippen LogP contribution in [0, 0.1) is 19.3 Å². The van der Waals surface area contributed by atoms with E-state index in [9.17, 15) is 0 Å². The molecule has 104 valence electrons. The molecule has 20 heavy (non-hydrogen) atoms. The largest absolute Gasteiger partial charge is 0.308 e. The molecule has 2 aromatic rings. The summed E-state index contributed by atoms with van der Waals surface area (Å²) < 4.78 is 0. The second kappa shape index (κ2) is 7.39. The maximum atomic E-state index is 7.42. The zero-order valence-corrected chi connectivity index (χ0v) is 12.7. The third-order valence-corrected chi connectivity index (χ3v) is 3.10. The summed E-state index contributed by atoms with van der Waals surface area (Å²) in [4.78, 5) is 4.32. The fraction of sp³-hybridized carbons (Fsp3) is 0.222. The minimum atomic E-state index is 0.896. The highest BCUT2D eigenvalue weighted by molar-refractivity contribution is 5.86. The Kier molecular flexibility index (Phi) is 5.85. The van der Waals surface area contributed by atoms with Crippen molar-refractivity contribution >= 4 is 12.3 Å². The molecule has 0 aliphatic heterocycles. The van der Waals surface area contributed by atoms with E-state index in [4.69, 9.17) is 5.41 Å². The summed E-state index contributed by atoms with van der Waals surface area (Å²) in [5, 5.41) is 7.42. The molecule has 0 aliphatic carbocycles. The molecule has 0 amide bonds. The minimum absolute atomic E-state index is 0.896. The summed E-state index contributed by atoms with van der Waals surface area (Å²) in [6.45, 7) is 11.9. The van der Waals surface area contributed by atoms with Gasteiger partial charge in [-0.05, 0) is 54.3 Å². The summed E-state index contributed by atoms with van der Waals surface area (Å²) in [6, 6.07) is 8.11. The molecule has 0 spiro atoms. The van der Waals surface area contributed by atoms with Crippen LogP contribution in [0.5, 0.6) is 0 Å². The molecule has 0 saturated heterocycles. The molecule has 1 N–H and O–H groups in total. The number of pyridine rings is 1. The first-order valence-electron chi connectivity index (χ1n) is 6.87. The molecule has 0 bridgehead atoms. The van der Waals surface area contributed by atoms with Gasteiger partial charge < -0.3 is 5.41 Å². The van der Waals surface area contributed by atoms with Gasteiger partial charge in [-0.2, -0.15) is 0 Å². The van der Waals surface area contributed by atoms with Gasteiger partial charge in [0.25, 0.3) is 0 Å². The van der Waals surface area contributed by atoms with Gasteiger partial charge in [0.2, 0.25) is 0 Å². The Morgan fingerprint density at radius 2 is 1.80 bits per heavy atom. The molecule has 1 heterocycles. The summed E-state index contributed by atoms with van der Waals surface area (Å²) >= 11 is 0. The number of hydrogen-bond donors (Lipinski definition) is 1. The van der Waals surface area contributed by atoms with Crippen molar-refractivity contribution in [2.75, 3.05) is 0 Å². The first kappa shape index (κ1) is 15.8. The van der Waals surface area contributed by atoms with Crippen molar-refractivity contribution in [1.29, 1.82) is 5.41 Å². The van der Waals surface area contributed by atoms with Crippen LogP contribution >= 0.6 is 0 Å². The quantitative estimate of drug-likeness (QED) is 0.777. The van der Waals surface area contributed by atoms with Gasteiger partial charge in [-0.25, -0.2) is 0 Å². The van der Waals surface area contributed by atoms with Gasteiger partial charge in [0.05, 0.1) is 0 Å². The van der Waals surface area contributed by atoms with Crippen LogP contribution in [0.25, 0.3) is 17.2 Å². The number of aryl methyl sites for hydroxylation is 2. The van der Waals surface area contributed by atoms with E-state index in [1.54, 1.807) is 12.3 Å². The van der Waals surface area contributed by atoms with E-state index in [-0.39, 0.29) is 0 Å². The van der Waals surface area contributed by atoms with Crippen molar-refractivity contribution in [1.82, 2.24) is 4.98 Å². The van der Waals surface area contributed by atoms with Crippen molar-refractivity contribution < 1.29 is 0 Å². The molecule has 2 rings (SSSR count). The SMILES string of the molecule is C=Cc1cc(-c2cccnc2C)c(C)cc1C=N.CC. The summed E-state index contributed by atoms with van der Waals surface area (Å²) in [6.07, 6.45) is 4.95. The maximum Gasteiger partial charge on any atom is 0.0451 e. The van der Waals surface area contributed by atoms with E-state index in [2.05, 4.69) is 30.6 Å². The van der Waals surface area contributed by atoms with E-state index in [1.165, 1.54) is 6.21 Å². The van der Waals surface area contributed by atoms with Gasteiger partial charge in [-0.1, -0.05) is 32.6 Å². The Balaban J connectivity index is 0.000000956. The standard InChI is InChI=1S/C16H16N2.C2H6/c1-4-13-9-16(11(2)8-14(13)10-17)15-6-5-7-18-12(15)3;1-2/h4-10,17H,1H2,2-3H3;1-2H3. The number of aromatic nitrogens is 1. The van der Waals surface area contributed by atoms with Gasteiger partial charge in [-0.3, -0.25) is 4.98 Å². The lowest BCUT2D eigenvalue weighted by molar-refractivity contribution is 1.20. The predicted octanol–water partition coefficient (Wildman–Crippen LogP) is 5.03. The Hall–Kier alpha value is -2.22. The van der Waals surface area contributed by atoms with Crippen LogP contribution in [-0.2, 0) is 0 Å². The summed E-state index contributed by atoms with van der Waals surface area (Å²) in [7, 11) is 0. The molecular formula is C18H22N2. The lowest BCUT2D eigenvalue weighted by Crippen LogP contribution is -1.94. The lowest BCUT2D eigenvalue weighted by atomic mass is 9.94. The summed E-state index contributed by atoms with van der Waals surface area (Å²) in [5.74, 6) is 0. The topological polar surface area (TPSA) is 36.7 Å². The molecule has 0 saturated carbocycles. The highest BCUT2D eigenvalue weighted by Gasteiger charge is 2.08. The zero-order valence-electron chi connectivity index (χ0n) is 12.7. The first-order chi connectivity index (χ1) is 9.67. The normalized spacial score (nSPS) is 9.40. The van der Waals surface area contributed by atoms with Gasteiger partial charge in [0.15, 0.2) is 0 Å². The van der Waals surface area contributed by atoms with Crippen molar-refractivity contribution in [3.05, 3.63) is 59.4 Å². The Morgan fingerprint density at radius 3 is 2.35 bits per heavy atom. The third kappa shape index (κ3) is 3.21. The van der Waals surface area contributed by atoms with Crippen molar-refractivity contribution in [2.45, 2.75) is 27.7 Å². The highest BCUT2D eigenvalue weighted by Crippen LogP contribution is 2.28. The van der Waals surface area contributed by atoms with Gasteiger partial charge in [-0.15, -0.1) is 0 Å². The second-order valence-electron chi connectivity index (χ2n) is 4.28. The lowest BCUT2D eigenvalue weighted by Gasteiger charge is -2.11. The Bertz CT molecular complexity index is 613. The fourth-order valence-corrected chi connectivity index (χ4v) is 2.11. The van der Waals surface area contributed by atoms with Crippen LogP contribution in [0.2, 0.25) is 0 Å². The molecule has 1 aromatic heterocycles. The molecule has 2 nitrogen and oxygen atoms in total. The number of nitrogens with zero attached hydrogens (tertiary/aromatic N) is 1. The first-order valence-corrected chi connectivity index (χ1v) is 6.87. The van der Waals surface area contributed by atoms with Crippen LogP contribution in [0.4, 0.5) is 0 Å². The number of hydrogen-bond acceptors (Lipinski definition) is 2. The van der Waals surface area contributed by atoms with Crippen LogP contribution in [0.15, 0.2) is 37.0 Å². The highest BCUT2D eigenvalue weighted by atomic mass is 14.7. The van der Waals surface area contributed by atoms with E-state index in [0.717, 1.165) is 33.5 Å². The number of nitrogens with one attached hydrogen (secondary N) is 1. The molecular weight excluding hydrogens is 244 g/mol. The molecule has 1 aromatic carbocycles. The van der Waals surface area contributed by atoms with E-state index in [1.807, 2.05) is 32.9 Å². The van der Waals surface area contributed by atoms with Crippen LogP contribution in [-0.4, -0.2) is 11.2 Å². The minimum Gasteiger partial charge on any atom is -0.308 e. The fourth-order valence-electron chi connectivity index (χ4n) is 2.11. The summed E-state index contributed by atoms with van der Waals surface area (Å²) in [5.41, 5.74) is 6.32. The van der Waals surface area contributed by atoms with Gasteiger partial charge in [0, 0.05) is 23.7 Å². The molecule has 0 atom stereocenters. The molecule has 0 unspecified atom stereocenters. The van der Waals surface area contributed by atoms with Crippen molar-refractivity contribution in [3.8, 4) is 11.1 Å². The van der Waals surface area contributed by atoms with E-state index >= 15 is 0 Å². The Labute approximate surface area is 121 Å². The second-order valence-corrected chi connectivity index (χ2v) is 4.28. The third-order valence-electron chi connectivity index (χ3n) is 3.10.